The molecule has 1 heterocycles. The molecule has 0 radical (unpaired) electrons. The Balaban J connectivity index is 0.000000980. The van der Waals surface area contributed by atoms with Crippen molar-refractivity contribution >= 4 is 10.9 Å². The van der Waals surface area contributed by atoms with Crippen LogP contribution < -0.4 is 0 Å². The van der Waals surface area contributed by atoms with Gasteiger partial charge in [-0.05, 0) is 35.4 Å². The zero-order valence-corrected chi connectivity index (χ0v) is 8.17. The fourth-order valence-electron chi connectivity index (χ4n) is 1.61. The van der Waals surface area contributed by atoms with Gasteiger partial charge in [0.05, 0.1) is 0 Å². The van der Waals surface area contributed by atoms with Crippen molar-refractivity contribution < 1.29 is 1.43 Å². The molecule has 1 nitrogen and oxygen atoms in total. The molecule has 1 heteroatoms. The van der Waals surface area contributed by atoms with Crippen molar-refractivity contribution in [2.24, 2.45) is 0 Å². The Kier molecular flexibility index (Phi) is 2.09. The molecule has 1 N–H and O–H groups in total. The molecule has 0 saturated heterocycles. The number of aromatic nitrogens is 1. The molecule has 13 heavy (non-hydrogen) atoms. The van der Waals surface area contributed by atoms with Gasteiger partial charge in [0.25, 0.3) is 0 Å². The van der Waals surface area contributed by atoms with E-state index in [1.807, 2.05) is 6.20 Å². The van der Waals surface area contributed by atoms with Crippen molar-refractivity contribution in [2.75, 3.05) is 0 Å². The van der Waals surface area contributed by atoms with Crippen LogP contribution in [0.5, 0.6) is 0 Å². The third-order valence-corrected chi connectivity index (χ3v) is 2.76. The molecule has 0 aliphatic heterocycles. The Hall–Kier alpha value is -1.24. The van der Waals surface area contributed by atoms with Gasteiger partial charge in [-0.15, -0.1) is 0 Å². The van der Waals surface area contributed by atoms with E-state index in [0.717, 1.165) is 0 Å². The summed E-state index contributed by atoms with van der Waals surface area (Å²) in [7, 11) is 0. The topological polar surface area (TPSA) is 15.8 Å². The fraction of sp³-hybridized carbons (Fsp3) is 0.333. The highest BCUT2D eigenvalue weighted by atomic mass is 14.7. The van der Waals surface area contributed by atoms with E-state index >= 15 is 0 Å². The molecule has 0 saturated carbocycles. The Morgan fingerprint density at radius 2 is 2.23 bits per heavy atom. The predicted octanol–water partition coefficient (Wildman–Crippen LogP) is 3.93. The van der Waals surface area contributed by atoms with Crippen LogP contribution in [-0.2, 0) is 0 Å². The molecule has 1 atom stereocenters. The first-order valence-corrected chi connectivity index (χ1v) is 4.88. The van der Waals surface area contributed by atoms with Gasteiger partial charge < -0.3 is 4.98 Å². The summed E-state index contributed by atoms with van der Waals surface area (Å²) in [6.07, 6.45) is 3.19. The number of rotatable bonds is 2. The molecular formula is C12H17N. The molecule has 0 spiro atoms. The monoisotopic (exact) mass is 175 g/mol. The van der Waals surface area contributed by atoms with Crippen LogP contribution in [0.4, 0.5) is 0 Å². The lowest BCUT2D eigenvalue weighted by Crippen LogP contribution is -1.90. The zero-order valence-electron chi connectivity index (χ0n) is 8.17. The van der Waals surface area contributed by atoms with Crippen molar-refractivity contribution in [3.63, 3.8) is 0 Å². The van der Waals surface area contributed by atoms with Crippen LogP contribution >= 0.6 is 0 Å². The van der Waals surface area contributed by atoms with E-state index in [4.69, 9.17) is 0 Å². The zero-order chi connectivity index (χ0) is 9.26. The van der Waals surface area contributed by atoms with Crippen LogP contribution in [0.2, 0.25) is 0 Å². The lowest BCUT2D eigenvalue weighted by Gasteiger charge is -2.08. The normalized spacial score (nSPS) is 13.4. The predicted molar refractivity (Wildman–Crippen MR) is 59.1 cm³/mol. The van der Waals surface area contributed by atoms with Crippen LogP contribution in [0.25, 0.3) is 10.9 Å². The van der Waals surface area contributed by atoms with Gasteiger partial charge in [0.15, 0.2) is 0 Å². The van der Waals surface area contributed by atoms with Crippen molar-refractivity contribution in [1.82, 2.24) is 4.98 Å². The molecule has 0 fully saturated rings. The lowest BCUT2D eigenvalue weighted by molar-refractivity contribution is 0.734. The molecule has 1 unspecified atom stereocenters. The first-order chi connectivity index (χ1) is 6.31. The lowest BCUT2D eigenvalue weighted by atomic mass is 9.98. The first kappa shape index (κ1) is 8.36. The second kappa shape index (κ2) is 3.25. The van der Waals surface area contributed by atoms with Gasteiger partial charge in [0, 0.05) is 13.1 Å². The second-order valence-corrected chi connectivity index (χ2v) is 3.63. The quantitative estimate of drug-likeness (QED) is 0.711. The average molecular weight is 175 g/mol. The molecule has 70 valence electrons. The number of benzene rings is 1. The minimum atomic E-state index is 0. The maximum atomic E-state index is 3.24. The molecule has 2 rings (SSSR count). The van der Waals surface area contributed by atoms with Gasteiger partial charge in [-0.3, -0.25) is 0 Å². The Morgan fingerprint density at radius 3 is 3.00 bits per heavy atom. The van der Waals surface area contributed by atoms with Gasteiger partial charge in [-0.2, -0.15) is 0 Å². The minimum Gasteiger partial charge on any atom is -0.361 e. The summed E-state index contributed by atoms with van der Waals surface area (Å²) in [4.78, 5) is 3.24. The van der Waals surface area contributed by atoms with E-state index in [-0.39, 0.29) is 1.43 Å². The fourth-order valence-corrected chi connectivity index (χ4v) is 1.61. The number of fused-ring (bicyclic) bond motifs is 1. The Bertz CT molecular complexity index is 405. The highest BCUT2D eigenvalue weighted by Gasteiger charge is 2.03. The van der Waals surface area contributed by atoms with Gasteiger partial charge in [-0.25, -0.2) is 0 Å². The molecule has 0 aliphatic rings. The number of hydrogen-bond acceptors (Lipinski definition) is 0. The van der Waals surface area contributed by atoms with E-state index in [0.29, 0.717) is 5.92 Å². The maximum Gasteiger partial charge on any atom is 0.0456 e. The molecule has 0 aliphatic carbocycles. The number of nitrogens with one attached hydrogen (secondary N) is 1. The van der Waals surface area contributed by atoms with Crippen molar-refractivity contribution in [3.8, 4) is 0 Å². The smallest absolute Gasteiger partial charge is 0.0456 e. The van der Waals surface area contributed by atoms with Gasteiger partial charge in [0.1, 0.15) is 0 Å². The molecular weight excluding hydrogens is 158 g/mol. The van der Waals surface area contributed by atoms with E-state index in [2.05, 4.69) is 43.1 Å². The van der Waals surface area contributed by atoms with Crippen molar-refractivity contribution in [3.05, 3.63) is 36.0 Å². The summed E-state index contributed by atoms with van der Waals surface area (Å²) in [6, 6.07) is 8.77. The summed E-state index contributed by atoms with van der Waals surface area (Å²) in [6.45, 7) is 4.49. The number of H-pyrrole nitrogens is 1. The summed E-state index contributed by atoms with van der Waals surface area (Å²) in [5.74, 6) is 0.660. The Morgan fingerprint density at radius 1 is 1.38 bits per heavy atom. The number of aromatic amines is 1. The number of hydrogen-bond donors (Lipinski definition) is 1. The van der Waals surface area contributed by atoms with Crippen LogP contribution in [0.15, 0.2) is 30.5 Å². The molecule has 1 aromatic heterocycles. The standard InChI is InChI=1S/C12H15N.H2/c1-3-9(2)11-5-4-10-6-7-13-12(10)8-11;/h4-9,13H,3H2,1-2H3;1H. The van der Waals surface area contributed by atoms with Crippen molar-refractivity contribution in [1.29, 1.82) is 0 Å². The van der Waals surface area contributed by atoms with Gasteiger partial charge in [0.2, 0.25) is 0 Å². The van der Waals surface area contributed by atoms with Gasteiger partial charge >= 0.3 is 0 Å². The summed E-state index contributed by atoms with van der Waals surface area (Å²) < 4.78 is 0. The minimum absolute atomic E-state index is 0. The third-order valence-electron chi connectivity index (χ3n) is 2.76. The maximum absolute atomic E-state index is 3.24. The van der Waals surface area contributed by atoms with Crippen LogP contribution in [0, 0.1) is 0 Å². The van der Waals surface area contributed by atoms with E-state index in [9.17, 15) is 0 Å². The van der Waals surface area contributed by atoms with E-state index < -0.39 is 0 Å². The van der Waals surface area contributed by atoms with Crippen molar-refractivity contribution in [2.45, 2.75) is 26.2 Å². The summed E-state index contributed by atoms with van der Waals surface area (Å²) >= 11 is 0. The SMILES string of the molecule is CCC(C)c1ccc2cc[nH]c2c1.[HH]. The summed E-state index contributed by atoms with van der Waals surface area (Å²) in [5, 5.41) is 1.30. The van der Waals surface area contributed by atoms with E-state index in [1.54, 1.807) is 0 Å². The molecule has 2 aromatic rings. The first-order valence-electron chi connectivity index (χ1n) is 4.88. The van der Waals surface area contributed by atoms with Crippen LogP contribution in [-0.4, -0.2) is 4.98 Å². The van der Waals surface area contributed by atoms with Gasteiger partial charge in [-0.1, -0.05) is 26.0 Å². The largest absolute Gasteiger partial charge is 0.361 e. The average Bonchev–Trinajstić information content (AvgIpc) is 2.63. The highest BCUT2D eigenvalue weighted by molar-refractivity contribution is 5.79. The summed E-state index contributed by atoms with van der Waals surface area (Å²) in [5.41, 5.74) is 2.68. The van der Waals surface area contributed by atoms with E-state index in [1.165, 1.54) is 22.9 Å². The highest BCUT2D eigenvalue weighted by Crippen LogP contribution is 2.22. The molecule has 0 bridgehead atoms. The van der Waals surface area contributed by atoms with Crippen LogP contribution in [0.3, 0.4) is 0 Å². The Labute approximate surface area is 80.3 Å². The third kappa shape index (κ3) is 1.46. The molecule has 1 aromatic carbocycles. The molecule has 0 amide bonds. The second-order valence-electron chi connectivity index (χ2n) is 3.63. The van der Waals surface area contributed by atoms with Crippen LogP contribution in [0.1, 0.15) is 33.2 Å².